The first-order valence-corrected chi connectivity index (χ1v) is 2.44. The molecule has 0 fully saturated rings. The second-order valence-corrected chi connectivity index (χ2v) is 1.50. The molecule has 1 aromatic rings. The highest BCUT2D eigenvalue weighted by molar-refractivity contribution is 5.86. The fourth-order valence-corrected chi connectivity index (χ4v) is 0.468. The Bertz CT molecular complexity index is 244. The average molecular weight is 143 g/mol. The van der Waals surface area contributed by atoms with E-state index < -0.39 is 5.97 Å². The van der Waals surface area contributed by atoms with Crippen molar-refractivity contribution in [2.45, 2.75) is 0 Å². The maximum Gasteiger partial charge on any atom is 0.361 e. The minimum atomic E-state index is -0.674. The van der Waals surface area contributed by atoms with Crippen LogP contribution in [0.5, 0.6) is 0 Å². The van der Waals surface area contributed by atoms with Crippen LogP contribution in [-0.4, -0.2) is 33.4 Å². The Morgan fingerprint density at radius 3 is 3.00 bits per heavy atom. The van der Waals surface area contributed by atoms with Gasteiger partial charge in [0, 0.05) is 0 Å². The van der Waals surface area contributed by atoms with Gasteiger partial charge in [0.15, 0.2) is 0 Å². The number of ether oxygens (including phenoxy) is 1. The quantitative estimate of drug-likeness (QED) is 0.415. The summed E-state index contributed by atoms with van der Waals surface area (Å²) in [7, 11) is 1.20. The fraction of sp³-hybridized carbons (Fsp3) is 0.250. The third-order valence-corrected chi connectivity index (χ3v) is 0.926. The van der Waals surface area contributed by atoms with Gasteiger partial charge in [-0.25, -0.2) is 4.79 Å². The van der Waals surface area contributed by atoms with Crippen LogP contribution in [0.2, 0.25) is 0 Å². The van der Waals surface area contributed by atoms with E-state index in [-0.39, 0.29) is 5.69 Å². The van der Waals surface area contributed by atoms with Crippen LogP contribution in [-0.2, 0) is 4.74 Å². The lowest BCUT2D eigenvalue weighted by Crippen LogP contribution is -2.08. The van der Waals surface area contributed by atoms with Gasteiger partial charge >= 0.3 is 5.97 Å². The SMILES string of the molecule is COC(=O)c1cnnn1O. The molecule has 1 N–H and O–H groups in total. The first-order chi connectivity index (χ1) is 4.75. The summed E-state index contributed by atoms with van der Waals surface area (Å²) >= 11 is 0. The lowest BCUT2D eigenvalue weighted by Gasteiger charge is -1.93. The van der Waals surface area contributed by atoms with Crippen LogP contribution in [0.1, 0.15) is 10.5 Å². The number of aromatic nitrogens is 3. The maximum absolute atomic E-state index is 10.6. The number of carbonyl (C=O) groups excluding carboxylic acids is 1. The van der Waals surface area contributed by atoms with Gasteiger partial charge in [0.25, 0.3) is 0 Å². The summed E-state index contributed by atoms with van der Waals surface area (Å²) in [6.07, 6.45) is 1.10. The van der Waals surface area contributed by atoms with Crippen molar-refractivity contribution in [2.75, 3.05) is 7.11 Å². The maximum atomic E-state index is 10.6. The van der Waals surface area contributed by atoms with Gasteiger partial charge in [0.05, 0.1) is 13.3 Å². The van der Waals surface area contributed by atoms with E-state index in [1.165, 1.54) is 7.11 Å². The number of carbonyl (C=O) groups is 1. The van der Waals surface area contributed by atoms with Crippen LogP contribution in [0.4, 0.5) is 0 Å². The lowest BCUT2D eigenvalue weighted by atomic mass is 10.5. The number of rotatable bonds is 1. The van der Waals surface area contributed by atoms with Crippen molar-refractivity contribution in [2.24, 2.45) is 0 Å². The van der Waals surface area contributed by atoms with E-state index in [1.807, 2.05) is 0 Å². The summed E-state index contributed by atoms with van der Waals surface area (Å²) in [4.78, 5) is 11.0. The summed E-state index contributed by atoms with van der Waals surface area (Å²) in [6.45, 7) is 0. The zero-order chi connectivity index (χ0) is 7.56. The Morgan fingerprint density at radius 2 is 2.60 bits per heavy atom. The molecule has 6 nitrogen and oxygen atoms in total. The first kappa shape index (κ1) is 6.53. The van der Waals surface area contributed by atoms with E-state index >= 15 is 0 Å². The third-order valence-electron chi connectivity index (χ3n) is 0.926. The molecule has 54 valence electrons. The summed E-state index contributed by atoms with van der Waals surface area (Å²) < 4.78 is 4.28. The Hall–Kier alpha value is -1.59. The number of hydrogen-bond donors (Lipinski definition) is 1. The smallest absolute Gasteiger partial charge is 0.361 e. The highest BCUT2D eigenvalue weighted by atomic mass is 16.5. The van der Waals surface area contributed by atoms with Crippen LogP contribution in [0, 0.1) is 0 Å². The molecule has 0 saturated carbocycles. The van der Waals surface area contributed by atoms with E-state index in [0.717, 1.165) is 6.20 Å². The van der Waals surface area contributed by atoms with Crippen LogP contribution >= 0.6 is 0 Å². The highest BCUT2D eigenvalue weighted by Gasteiger charge is 2.11. The lowest BCUT2D eigenvalue weighted by molar-refractivity contribution is 0.0525. The molecule has 1 heterocycles. The highest BCUT2D eigenvalue weighted by Crippen LogP contribution is 1.93. The first-order valence-electron chi connectivity index (χ1n) is 2.44. The van der Waals surface area contributed by atoms with Gasteiger partial charge in [0.1, 0.15) is 0 Å². The average Bonchev–Trinajstić information content (AvgIpc) is 2.34. The monoisotopic (exact) mass is 143 g/mol. The Kier molecular flexibility index (Phi) is 1.53. The molecule has 1 aromatic heterocycles. The van der Waals surface area contributed by atoms with Crippen molar-refractivity contribution in [1.82, 2.24) is 15.2 Å². The van der Waals surface area contributed by atoms with E-state index in [0.29, 0.717) is 4.85 Å². The number of nitrogens with zero attached hydrogens (tertiary/aromatic N) is 3. The van der Waals surface area contributed by atoms with E-state index in [2.05, 4.69) is 15.0 Å². The largest absolute Gasteiger partial charge is 0.464 e. The van der Waals surface area contributed by atoms with Gasteiger partial charge in [-0.2, -0.15) is 0 Å². The Balaban J connectivity index is 2.93. The number of hydrogen-bond acceptors (Lipinski definition) is 5. The molecule has 0 spiro atoms. The second kappa shape index (κ2) is 2.34. The van der Waals surface area contributed by atoms with E-state index in [9.17, 15) is 4.79 Å². The molecule has 0 atom stereocenters. The molecule has 0 aliphatic carbocycles. The topological polar surface area (TPSA) is 77.2 Å². The van der Waals surface area contributed by atoms with Gasteiger partial charge in [-0.15, -0.1) is 5.10 Å². The third kappa shape index (κ3) is 0.903. The molecule has 0 unspecified atom stereocenters. The molecule has 0 aliphatic rings. The standard InChI is InChI=1S/C4H5N3O3/c1-10-4(8)3-2-5-6-7(3)9/h2,9H,1H3. The van der Waals surface area contributed by atoms with Crippen molar-refractivity contribution in [3.8, 4) is 0 Å². The Morgan fingerprint density at radius 1 is 1.90 bits per heavy atom. The predicted octanol–water partition coefficient (Wildman–Crippen LogP) is -0.698. The fourth-order valence-electron chi connectivity index (χ4n) is 0.468. The van der Waals surface area contributed by atoms with Gasteiger partial charge in [0.2, 0.25) is 5.69 Å². The zero-order valence-corrected chi connectivity index (χ0v) is 5.18. The second-order valence-electron chi connectivity index (χ2n) is 1.50. The van der Waals surface area contributed by atoms with Crippen LogP contribution < -0.4 is 0 Å². The minimum absolute atomic E-state index is 0.0949. The predicted molar refractivity (Wildman–Crippen MR) is 28.5 cm³/mol. The molecule has 1 rings (SSSR count). The molecule has 10 heavy (non-hydrogen) atoms. The molecule has 0 amide bonds. The van der Waals surface area contributed by atoms with Crippen molar-refractivity contribution in [3.05, 3.63) is 11.9 Å². The Labute approximate surface area is 56.0 Å². The summed E-state index contributed by atoms with van der Waals surface area (Å²) in [5, 5.41) is 15.1. The van der Waals surface area contributed by atoms with E-state index in [1.54, 1.807) is 0 Å². The van der Waals surface area contributed by atoms with Gasteiger partial charge in [-0.3, -0.25) is 0 Å². The summed E-state index contributed by atoms with van der Waals surface area (Å²) in [6, 6.07) is 0. The number of esters is 1. The molecule has 0 aromatic carbocycles. The van der Waals surface area contributed by atoms with Crippen LogP contribution in [0.25, 0.3) is 0 Å². The van der Waals surface area contributed by atoms with Crippen LogP contribution in [0.15, 0.2) is 6.20 Å². The summed E-state index contributed by atoms with van der Waals surface area (Å²) in [5.74, 6) is -0.674. The zero-order valence-electron chi connectivity index (χ0n) is 5.18. The number of methoxy groups -OCH3 is 1. The summed E-state index contributed by atoms with van der Waals surface area (Å²) in [5.41, 5.74) is -0.0949. The molecular formula is C4H5N3O3. The van der Waals surface area contributed by atoms with Crippen LogP contribution in [0.3, 0.4) is 0 Å². The van der Waals surface area contributed by atoms with Crippen molar-refractivity contribution >= 4 is 5.97 Å². The minimum Gasteiger partial charge on any atom is -0.464 e. The molecule has 0 radical (unpaired) electrons. The molecule has 6 heteroatoms. The van der Waals surface area contributed by atoms with Gasteiger partial charge in [-0.1, -0.05) is 4.85 Å². The van der Waals surface area contributed by atoms with Gasteiger partial charge < -0.3 is 9.94 Å². The molecule has 0 aliphatic heterocycles. The normalized spacial score (nSPS) is 9.30. The van der Waals surface area contributed by atoms with E-state index in [4.69, 9.17) is 5.21 Å². The molecule has 0 saturated heterocycles. The van der Waals surface area contributed by atoms with Crippen molar-refractivity contribution < 1.29 is 14.7 Å². The van der Waals surface area contributed by atoms with Gasteiger partial charge in [-0.05, 0) is 5.21 Å². The molecule has 0 bridgehead atoms. The van der Waals surface area contributed by atoms with Crippen molar-refractivity contribution in [3.63, 3.8) is 0 Å². The van der Waals surface area contributed by atoms with Crippen molar-refractivity contribution in [1.29, 1.82) is 0 Å². The molecular weight excluding hydrogens is 138 g/mol.